The van der Waals surface area contributed by atoms with Gasteiger partial charge >= 0.3 is 6.18 Å². The predicted molar refractivity (Wildman–Crippen MR) is 295 cm³/mol. The number of aromatic nitrogens is 5. The standard InChI is InChI=1S/C64H36F3N5OS/c65-64(66,67)49-36-48(63-69-61(37-18-4-1-5-19-37)68-62(70-63)38-20-6-2-7-21-38)55-44-27-12-16-30-52(44)73-60(55)59(49)72-50-28-14-10-24-41(50)47-35-45(39-32-33-54-46(34-39)42-25-13-17-31-53(42)74-54)57-56(58(47)72)43-26-11-15-29-51(43)71(57)40-22-8-3-9-23-40/h1-36H. The summed E-state index contributed by atoms with van der Waals surface area (Å²) in [5.41, 5.74) is 6.88. The summed E-state index contributed by atoms with van der Waals surface area (Å²) in [4.78, 5) is 14.9. The number of para-hydroxylation sites is 4. The van der Waals surface area contributed by atoms with Crippen LogP contribution in [0.25, 0.3) is 142 Å². The smallest absolute Gasteiger partial charge is 0.418 e. The number of furan rings is 1. The van der Waals surface area contributed by atoms with Crippen molar-refractivity contribution in [3.05, 3.63) is 224 Å². The first-order chi connectivity index (χ1) is 36.4. The fraction of sp³-hybridized carbons (Fsp3) is 0.0156. The molecule has 10 aromatic carbocycles. The molecule has 0 aliphatic heterocycles. The maximum absolute atomic E-state index is 16.8. The van der Waals surface area contributed by atoms with Gasteiger partial charge in [-0.25, -0.2) is 15.0 Å². The number of hydrogen-bond donors (Lipinski definition) is 0. The van der Waals surface area contributed by atoms with Crippen molar-refractivity contribution in [2.24, 2.45) is 0 Å². The summed E-state index contributed by atoms with van der Waals surface area (Å²) < 4.78 is 63.7. The van der Waals surface area contributed by atoms with E-state index in [1.165, 1.54) is 20.9 Å². The lowest BCUT2D eigenvalue weighted by molar-refractivity contribution is -0.137. The van der Waals surface area contributed by atoms with Gasteiger partial charge in [-0.3, -0.25) is 0 Å². The monoisotopic (exact) mass is 979 g/mol. The summed E-state index contributed by atoms with van der Waals surface area (Å²) in [5, 5.41) is 6.69. The van der Waals surface area contributed by atoms with Crippen LogP contribution in [0.1, 0.15) is 5.56 Å². The molecule has 15 rings (SSSR count). The molecule has 0 spiro atoms. The van der Waals surface area contributed by atoms with Crippen molar-refractivity contribution in [2.75, 3.05) is 0 Å². The number of benzene rings is 10. The van der Waals surface area contributed by atoms with E-state index in [2.05, 4.69) is 77.4 Å². The van der Waals surface area contributed by atoms with Gasteiger partial charge in [0.05, 0.1) is 27.6 Å². The molecule has 15 aromatic rings. The van der Waals surface area contributed by atoms with Gasteiger partial charge < -0.3 is 13.6 Å². The highest BCUT2D eigenvalue weighted by molar-refractivity contribution is 7.25. The molecule has 5 heterocycles. The highest BCUT2D eigenvalue weighted by Gasteiger charge is 2.39. The van der Waals surface area contributed by atoms with Crippen molar-refractivity contribution in [1.29, 1.82) is 0 Å². The van der Waals surface area contributed by atoms with Crippen LogP contribution >= 0.6 is 11.3 Å². The van der Waals surface area contributed by atoms with Gasteiger partial charge in [0.2, 0.25) is 0 Å². The Morgan fingerprint density at radius 1 is 0.405 bits per heavy atom. The van der Waals surface area contributed by atoms with Crippen LogP contribution in [0.4, 0.5) is 13.2 Å². The topological polar surface area (TPSA) is 61.7 Å². The number of nitrogens with zero attached hydrogens (tertiary/aromatic N) is 5. The van der Waals surface area contributed by atoms with Crippen molar-refractivity contribution < 1.29 is 17.6 Å². The van der Waals surface area contributed by atoms with Crippen LogP contribution in [0.15, 0.2) is 223 Å². The first kappa shape index (κ1) is 42.3. The molecule has 0 bridgehead atoms. The van der Waals surface area contributed by atoms with Crippen molar-refractivity contribution in [1.82, 2.24) is 24.1 Å². The van der Waals surface area contributed by atoms with E-state index in [1.807, 2.05) is 138 Å². The Kier molecular flexibility index (Phi) is 9.19. The lowest BCUT2D eigenvalue weighted by Gasteiger charge is -2.19. The minimum atomic E-state index is -4.90. The van der Waals surface area contributed by atoms with E-state index in [0.29, 0.717) is 50.2 Å². The van der Waals surface area contributed by atoms with E-state index in [4.69, 9.17) is 19.4 Å². The number of fused-ring (bicyclic) bond motifs is 13. The molecule has 350 valence electrons. The molecule has 0 aliphatic rings. The summed E-state index contributed by atoms with van der Waals surface area (Å²) >= 11 is 1.76. The van der Waals surface area contributed by atoms with E-state index in [-0.39, 0.29) is 22.7 Å². The largest absolute Gasteiger partial charge is 0.454 e. The molecule has 74 heavy (non-hydrogen) atoms. The normalized spacial score (nSPS) is 12.3. The van der Waals surface area contributed by atoms with E-state index in [9.17, 15) is 0 Å². The van der Waals surface area contributed by atoms with Crippen LogP contribution in [-0.2, 0) is 6.18 Å². The number of rotatable bonds is 6. The van der Waals surface area contributed by atoms with E-state index < -0.39 is 11.7 Å². The number of alkyl halides is 3. The van der Waals surface area contributed by atoms with Crippen molar-refractivity contribution in [3.8, 4) is 56.7 Å². The highest BCUT2D eigenvalue weighted by atomic mass is 32.1. The Morgan fingerprint density at radius 3 is 1.68 bits per heavy atom. The molecule has 0 radical (unpaired) electrons. The summed E-state index contributed by atoms with van der Waals surface area (Å²) in [6.07, 6.45) is -4.90. The Balaban J connectivity index is 1.12. The molecule has 0 unspecified atom stereocenters. The second kappa shape index (κ2) is 16.1. The zero-order valence-electron chi connectivity index (χ0n) is 39.0. The minimum absolute atomic E-state index is 0.0559. The predicted octanol–water partition coefficient (Wildman–Crippen LogP) is 18.0. The van der Waals surface area contributed by atoms with Gasteiger partial charge in [0.1, 0.15) is 11.3 Å². The highest BCUT2D eigenvalue weighted by Crippen LogP contribution is 2.52. The Labute approximate surface area is 423 Å². The summed E-state index contributed by atoms with van der Waals surface area (Å²) in [5.74, 6) is 0.742. The number of thiophene rings is 1. The number of halogens is 3. The summed E-state index contributed by atoms with van der Waals surface area (Å²) in [6, 6.07) is 70.9. The molecule has 0 fully saturated rings. The third-order valence-corrected chi connectivity index (χ3v) is 15.5. The molecule has 0 saturated carbocycles. The zero-order valence-corrected chi connectivity index (χ0v) is 39.8. The molecule has 0 amide bonds. The second-order valence-corrected chi connectivity index (χ2v) is 19.6. The van der Waals surface area contributed by atoms with E-state index >= 15 is 13.2 Å². The number of hydrogen-bond acceptors (Lipinski definition) is 5. The van der Waals surface area contributed by atoms with E-state index in [1.54, 1.807) is 17.4 Å². The molecular weight excluding hydrogens is 944 g/mol. The van der Waals surface area contributed by atoms with Gasteiger partial charge in [-0.15, -0.1) is 11.3 Å². The third kappa shape index (κ3) is 6.34. The van der Waals surface area contributed by atoms with Crippen molar-refractivity contribution >= 4 is 97.1 Å². The minimum Gasteiger partial charge on any atom is -0.454 e. The molecule has 6 nitrogen and oxygen atoms in total. The first-order valence-corrected chi connectivity index (χ1v) is 25.1. The van der Waals surface area contributed by atoms with Crippen LogP contribution in [0.2, 0.25) is 0 Å². The van der Waals surface area contributed by atoms with Crippen LogP contribution < -0.4 is 0 Å². The van der Waals surface area contributed by atoms with Crippen molar-refractivity contribution in [3.63, 3.8) is 0 Å². The molecule has 5 aromatic heterocycles. The molecule has 0 saturated heterocycles. The van der Waals surface area contributed by atoms with Gasteiger partial charge in [0.25, 0.3) is 0 Å². The molecular formula is C64H36F3N5OS. The zero-order chi connectivity index (χ0) is 49.2. The quantitative estimate of drug-likeness (QED) is 0.167. The fourth-order valence-corrected chi connectivity index (χ4v) is 12.3. The average molecular weight is 980 g/mol. The van der Waals surface area contributed by atoms with Gasteiger partial charge in [-0.2, -0.15) is 13.2 Å². The first-order valence-electron chi connectivity index (χ1n) is 24.3. The van der Waals surface area contributed by atoms with Crippen LogP contribution in [0.3, 0.4) is 0 Å². The summed E-state index contributed by atoms with van der Waals surface area (Å²) in [7, 11) is 0. The second-order valence-electron chi connectivity index (χ2n) is 18.6. The summed E-state index contributed by atoms with van der Waals surface area (Å²) in [6.45, 7) is 0. The SMILES string of the molecule is FC(F)(F)c1cc(-c2nc(-c3ccccc3)nc(-c3ccccc3)n2)c2c(oc3ccccc32)c1-n1c2ccccc2c2cc(-c3ccc4sc5ccccc5c4c3)c3c(c4ccccc4n3-c3ccccc3)c21. The lowest BCUT2D eigenvalue weighted by Crippen LogP contribution is -2.12. The molecule has 0 aliphatic carbocycles. The third-order valence-electron chi connectivity index (χ3n) is 14.4. The van der Waals surface area contributed by atoms with Gasteiger partial charge in [-0.05, 0) is 66.2 Å². The van der Waals surface area contributed by atoms with Crippen molar-refractivity contribution in [2.45, 2.75) is 6.18 Å². The maximum atomic E-state index is 16.8. The fourth-order valence-electron chi connectivity index (χ4n) is 11.2. The van der Waals surface area contributed by atoms with E-state index in [0.717, 1.165) is 54.8 Å². The van der Waals surface area contributed by atoms with Gasteiger partial charge in [0, 0.05) is 80.4 Å². The van der Waals surface area contributed by atoms with Gasteiger partial charge in [-0.1, -0.05) is 158 Å². The Morgan fingerprint density at radius 2 is 0.973 bits per heavy atom. The molecule has 10 heteroatoms. The van der Waals surface area contributed by atoms with Crippen LogP contribution in [-0.4, -0.2) is 24.1 Å². The Bertz CT molecular complexity index is 4710. The van der Waals surface area contributed by atoms with Gasteiger partial charge in [0.15, 0.2) is 23.1 Å². The van der Waals surface area contributed by atoms with Crippen LogP contribution in [0, 0.1) is 0 Å². The Hall–Kier alpha value is -9.38. The molecule has 0 N–H and O–H groups in total. The van der Waals surface area contributed by atoms with Crippen LogP contribution in [0.5, 0.6) is 0 Å². The maximum Gasteiger partial charge on any atom is 0.418 e. The average Bonchev–Trinajstić information content (AvgIpc) is 4.32. The molecule has 0 atom stereocenters. The lowest BCUT2D eigenvalue weighted by atomic mass is 9.96.